The highest BCUT2D eigenvalue weighted by Crippen LogP contribution is 2.33. The van der Waals surface area contributed by atoms with Crippen molar-refractivity contribution in [3.05, 3.63) is 27.7 Å². The Morgan fingerprint density at radius 3 is 2.80 bits per heavy atom. The van der Waals surface area contributed by atoms with Gasteiger partial charge in [0.1, 0.15) is 0 Å². The lowest BCUT2D eigenvalue weighted by atomic mass is 10.3. The van der Waals surface area contributed by atoms with Crippen molar-refractivity contribution in [2.24, 2.45) is 0 Å². The Kier molecular flexibility index (Phi) is 3.38. The van der Waals surface area contributed by atoms with Gasteiger partial charge in [0.05, 0.1) is 10.7 Å². The van der Waals surface area contributed by atoms with E-state index in [1.54, 1.807) is 11.0 Å². The summed E-state index contributed by atoms with van der Waals surface area (Å²) in [5, 5.41) is 0.605. The van der Waals surface area contributed by atoms with Crippen LogP contribution in [0.4, 0.5) is 5.69 Å². The Bertz CT molecular complexity index is 410. The summed E-state index contributed by atoms with van der Waals surface area (Å²) in [6.07, 6.45) is 0.531. The molecule has 1 atom stereocenters. The second-order valence-electron chi connectivity index (χ2n) is 3.40. The number of carbonyl (C=O) groups excluding carboxylic acids is 1. The van der Waals surface area contributed by atoms with Crippen molar-refractivity contribution >= 4 is 55.1 Å². The number of rotatable bonds is 1. The predicted molar refractivity (Wildman–Crippen MR) is 68.8 cm³/mol. The van der Waals surface area contributed by atoms with Crippen LogP contribution in [0, 0.1) is 0 Å². The number of carbonyl (C=O) groups is 1. The van der Waals surface area contributed by atoms with E-state index in [9.17, 15) is 4.79 Å². The van der Waals surface area contributed by atoms with Crippen LogP contribution in [0.1, 0.15) is 6.42 Å². The molecular weight excluding hydrogens is 345 g/mol. The van der Waals surface area contributed by atoms with Crippen molar-refractivity contribution in [1.29, 1.82) is 0 Å². The second kappa shape index (κ2) is 4.44. The Morgan fingerprint density at radius 1 is 1.47 bits per heavy atom. The zero-order chi connectivity index (χ0) is 11.0. The summed E-state index contributed by atoms with van der Waals surface area (Å²) in [5.74, 6) is 0.108. The largest absolute Gasteiger partial charge is 0.310 e. The molecule has 1 aromatic carbocycles. The summed E-state index contributed by atoms with van der Waals surface area (Å²) in [5.41, 5.74) is 0.776. The van der Waals surface area contributed by atoms with Crippen LogP contribution in [0.25, 0.3) is 0 Å². The van der Waals surface area contributed by atoms with Gasteiger partial charge in [0.15, 0.2) is 0 Å². The molecule has 0 N–H and O–H groups in total. The Hall–Kier alpha value is -0.0600. The summed E-state index contributed by atoms with van der Waals surface area (Å²) in [4.78, 5) is 13.6. The van der Waals surface area contributed by atoms with Crippen LogP contribution in [0.2, 0.25) is 5.02 Å². The van der Waals surface area contributed by atoms with Crippen LogP contribution < -0.4 is 4.90 Å². The molecule has 0 bridgehead atoms. The first-order chi connectivity index (χ1) is 7.08. The number of nitrogens with zero attached hydrogens (tertiary/aromatic N) is 1. The topological polar surface area (TPSA) is 20.3 Å². The first kappa shape index (κ1) is 11.4. The molecule has 1 unspecified atom stereocenters. The molecule has 1 aliphatic heterocycles. The van der Waals surface area contributed by atoms with Gasteiger partial charge in [-0.05, 0) is 18.2 Å². The molecule has 1 heterocycles. The van der Waals surface area contributed by atoms with Crippen LogP contribution in [0.5, 0.6) is 0 Å². The SMILES string of the molecule is O=C1CC(Br)CN1c1cc(Br)ccc1Cl. The maximum atomic E-state index is 11.7. The summed E-state index contributed by atoms with van der Waals surface area (Å²) in [7, 11) is 0. The zero-order valence-corrected chi connectivity index (χ0v) is 11.6. The molecule has 1 fully saturated rings. The lowest BCUT2D eigenvalue weighted by Crippen LogP contribution is -2.24. The van der Waals surface area contributed by atoms with Gasteiger partial charge in [0.25, 0.3) is 0 Å². The standard InChI is InChI=1S/C10H8Br2ClNO/c11-6-1-2-8(13)9(3-6)14-5-7(12)4-10(14)15/h1-3,7H,4-5H2. The highest BCUT2D eigenvalue weighted by Gasteiger charge is 2.29. The first-order valence-corrected chi connectivity index (χ1v) is 6.56. The van der Waals surface area contributed by atoms with Crippen LogP contribution in [-0.4, -0.2) is 17.3 Å². The van der Waals surface area contributed by atoms with Crippen molar-refractivity contribution in [2.45, 2.75) is 11.2 Å². The van der Waals surface area contributed by atoms with Gasteiger partial charge >= 0.3 is 0 Å². The van der Waals surface area contributed by atoms with Gasteiger partial charge in [-0.15, -0.1) is 0 Å². The minimum absolute atomic E-state index is 0.108. The molecule has 1 aromatic rings. The molecule has 0 radical (unpaired) electrons. The molecule has 80 valence electrons. The van der Waals surface area contributed by atoms with Crippen LogP contribution in [0.15, 0.2) is 22.7 Å². The monoisotopic (exact) mass is 351 g/mol. The molecule has 15 heavy (non-hydrogen) atoms. The molecule has 0 saturated carbocycles. The molecule has 0 aliphatic carbocycles. The van der Waals surface area contributed by atoms with E-state index in [0.717, 1.165) is 10.2 Å². The maximum Gasteiger partial charge on any atom is 0.228 e. The fourth-order valence-corrected chi connectivity index (χ4v) is 2.72. The number of benzene rings is 1. The van der Waals surface area contributed by atoms with Gasteiger partial charge in [-0.3, -0.25) is 4.79 Å². The van der Waals surface area contributed by atoms with Gasteiger partial charge in [0, 0.05) is 22.3 Å². The second-order valence-corrected chi connectivity index (χ2v) is 6.02. The minimum Gasteiger partial charge on any atom is -0.310 e. The molecule has 2 rings (SSSR count). The summed E-state index contributed by atoms with van der Waals surface area (Å²) < 4.78 is 0.924. The van der Waals surface area contributed by atoms with Crippen LogP contribution in [0.3, 0.4) is 0 Å². The van der Waals surface area contributed by atoms with Crippen molar-refractivity contribution in [1.82, 2.24) is 0 Å². The van der Waals surface area contributed by atoms with E-state index in [-0.39, 0.29) is 10.7 Å². The normalized spacial score (nSPS) is 21.1. The maximum absolute atomic E-state index is 11.7. The van der Waals surface area contributed by atoms with E-state index in [1.165, 1.54) is 0 Å². The van der Waals surface area contributed by atoms with E-state index in [4.69, 9.17) is 11.6 Å². The average molecular weight is 353 g/mol. The van der Waals surface area contributed by atoms with Gasteiger partial charge in [-0.25, -0.2) is 0 Å². The molecule has 1 aliphatic rings. The molecule has 1 amide bonds. The Labute approximate surface area is 110 Å². The number of hydrogen-bond donors (Lipinski definition) is 0. The van der Waals surface area contributed by atoms with Crippen molar-refractivity contribution < 1.29 is 4.79 Å². The number of anilines is 1. The van der Waals surface area contributed by atoms with Crippen molar-refractivity contribution in [2.75, 3.05) is 11.4 Å². The van der Waals surface area contributed by atoms with Crippen LogP contribution in [-0.2, 0) is 4.79 Å². The first-order valence-electron chi connectivity index (χ1n) is 4.47. The number of alkyl halides is 1. The van der Waals surface area contributed by atoms with E-state index in [0.29, 0.717) is 18.0 Å². The fourth-order valence-electron chi connectivity index (χ4n) is 1.59. The van der Waals surface area contributed by atoms with E-state index in [2.05, 4.69) is 31.9 Å². The van der Waals surface area contributed by atoms with Crippen LogP contribution >= 0.6 is 43.5 Å². The zero-order valence-electron chi connectivity index (χ0n) is 7.71. The number of amides is 1. The predicted octanol–water partition coefficient (Wildman–Crippen LogP) is 3.60. The van der Waals surface area contributed by atoms with Gasteiger partial charge in [-0.2, -0.15) is 0 Å². The quantitative estimate of drug-likeness (QED) is 0.707. The van der Waals surface area contributed by atoms with Crippen molar-refractivity contribution in [3.63, 3.8) is 0 Å². The van der Waals surface area contributed by atoms with Gasteiger partial charge < -0.3 is 4.90 Å². The highest BCUT2D eigenvalue weighted by molar-refractivity contribution is 9.10. The Balaban J connectivity index is 2.37. The van der Waals surface area contributed by atoms with E-state index >= 15 is 0 Å². The lowest BCUT2D eigenvalue weighted by molar-refractivity contribution is -0.117. The van der Waals surface area contributed by atoms with Gasteiger partial charge in [-0.1, -0.05) is 43.5 Å². The number of hydrogen-bond acceptors (Lipinski definition) is 1. The summed E-state index contributed by atoms with van der Waals surface area (Å²) in [6, 6.07) is 5.51. The number of halogens is 3. The molecule has 2 nitrogen and oxygen atoms in total. The third kappa shape index (κ3) is 2.37. The smallest absolute Gasteiger partial charge is 0.228 e. The fraction of sp³-hybridized carbons (Fsp3) is 0.300. The minimum atomic E-state index is 0.108. The highest BCUT2D eigenvalue weighted by atomic mass is 79.9. The molecule has 1 saturated heterocycles. The van der Waals surface area contributed by atoms with Gasteiger partial charge in [0.2, 0.25) is 5.91 Å². The lowest BCUT2D eigenvalue weighted by Gasteiger charge is -2.17. The molecular formula is C10H8Br2ClNO. The third-order valence-electron chi connectivity index (χ3n) is 2.28. The molecule has 5 heteroatoms. The summed E-state index contributed by atoms with van der Waals surface area (Å²) >= 11 is 12.9. The Morgan fingerprint density at radius 2 is 2.20 bits per heavy atom. The molecule has 0 spiro atoms. The molecule has 0 aromatic heterocycles. The van der Waals surface area contributed by atoms with E-state index < -0.39 is 0 Å². The van der Waals surface area contributed by atoms with Crippen molar-refractivity contribution in [3.8, 4) is 0 Å². The third-order valence-corrected chi connectivity index (χ3v) is 3.70. The summed E-state index contributed by atoms with van der Waals surface area (Å²) in [6.45, 7) is 0.676. The van der Waals surface area contributed by atoms with E-state index in [1.807, 2.05) is 12.1 Å². The average Bonchev–Trinajstić information content (AvgIpc) is 2.50.